The van der Waals surface area contributed by atoms with E-state index in [-0.39, 0.29) is 12.3 Å². The van der Waals surface area contributed by atoms with Crippen LogP contribution in [0.1, 0.15) is 16.8 Å². The van der Waals surface area contributed by atoms with Gasteiger partial charge in [-0.3, -0.25) is 9.59 Å². The molecule has 0 saturated heterocycles. The lowest BCUT2D eigenvalue weighted by Gasteiger charge is -2.12. The van der Waals surface area contributed by atoms with Gasteiger partial charge >= 0.3 is 18.1 Å². The van der Waals surface area contributed by atoms with E-state index in [1.807, 2.05) is 31.1 Å². The number of benzene rings is 1. The number of anilines is 1. The molecular formula is C16H21F3N2O5S2. The summed E-state index contributed by atoms with van der Waals surface area (Å²) in [6.45, 7) is 0.568. The van der Waals surface area contributed by atoms with Crippen molar-refractivity contribution in [3.63, 3.8) is 0 Å². The van der Waals surface area contributed by atoms with Crippen LogP contribution in [0.15, 0.2) is 24.3 Å². The van der Waals surface area contributed by atoms with Gasteiger partial charge in [-0.15, -0.1) is 0 Å². The Labute approximate surface area is 168 Å². The van der Waals surface area contributed by atoms with Crippen molar-refractivity contribution >= 4 is 45.1 Å². The van der Waals surface area contributed by atoms with Crippen molar-refractivity contribution in [3.8, 4) is 0 Å². The van der Waals surface area contributed by atoms with E-state index in [1.165, 1.54) is 10.8 Å². The van der Waals surface area contributed by atoms with Crippen LogP contribution in [-0.4, -0.2) is 66.4 Å². The van der Waals surface area contributed by atoms with Gasteiger partial charge in [0.05, 0.1) is 6.42 Å². The first kappa shape index (κ1) is 25.9. The smallest absolute Gasteiger partial charge is 0.481 e. The minimum atomic E-state index is -5.08. The minimum absolute atomic E-state index is 0.0866. The SMILES string of the molecule is CN(C)c1ccc(C(=O)NCCSSCCC(=O)O)cc1.O=C(O)C(F)(F)F. The van der Waals surface area contributed by atoms with Crippen molar-refractivity contribution in [2.75, 3.05) is 37.0 Å². The summed E-state index contributed by atoms with van der Waals surface area (Å²) in [5, 5.41) is 18.5. The van der Waals surface area contributed by atoms with E-state index >= 15 is 0 Å². The van der Waals surface area contributed by atoms with Crippen LogP contribution in [0, 0.1) is 0 Å². The van der Waals surface area contributed by atoms with Gasteiger partial charge < -0.3 is 20.4 Å². The summed E-state index contributed by atoms with van der Waals surface area (Å²) < 4.78 is 31.7. The van der Waals surface area contributed by atoms with Crippen LogP contribution in [0.3, 0.4) is 0 Å². The highest BCUT2D eigenvalue weighted by molar-refractivity contribution is 8.76. The summed E-state index contributed by atoms with van der Waals surface area (Å²) in [4.78, 5) is 33.1. The average Bonchev–Trinajstić information content (AvgIpc) is 2.60. The molecule has 0 aliphatic carbocycles. The second kappa shape index (κ2) is 13.2. The Hall–Kier alpha value is -2.08. The van der Waals surface area contributed by atoms with Gasteiger partial charge in [0.25, 0.3) is 5.91 Å². The standard InChI is InChI=1S/C14H20N2O3S2.C2HF3O2/c1-16(2)12-5-3-11(4-6-12)14(19)15-8-10-21-20-9-7-13(17)18;3-2(4,5)1(6)7/h3-6H,7-10H2,1-2H3,(H,15,19)(H,17,18);(H,6,7). The Balaban J connectivity index is 0.000000887. The zero-order valence-corrected chi connectivity index (χ0v) is 16.8. The molecule has 28 heavy (non-hydrogen) atoms. The van der Waals surface area contributed by atoms with E-state index in [1.54, 1.807) is 22.9 Å². The second-order valence-corrected chi connectivity index (χ2v) is 7.99. The van der Waals surface area contributed by atoms with Crippen LogP contribution in [0.5, 0.6) is 0 Å². The van der Waals surface area contributed by atoms with Gasteiger partial charge in [-0.2, -0.15) is 13.2 Å². The van der Waals surface area contributed by atoms with Crippen LogP contribution in [0.4, 0.5) is 18.9 Å². The maximum atomic E-state index is 11.9. The fourth-order valence-corrected chi connectivity index (χ4v) is 3.35. The molecule has 0 aliphatic rings. The van der Waals surface area contributed by atoms with Crippen LogP contribution < -0.4 is 10.2 Å². The van der Waals surface area contributed by atoms with E-state index < -0.39 is 18.1 Å². The van der Waals surface area contributed by atoms with Crippen molar-refractivity contribution < 1.29 is 37.8 Å². The number of hydrogen-bond acceptors (Lipinski definition) is 6. The van der Waals surface area contributed by atoms with Crippen LogP contribution in [0.2, 0.25) is 0 Å². The van der Waals surface area contributed by atoms with Crippen molar-refractivity contribution in [1.29, 1.82) is 0 Å². The summed E-state index contributed by atoms with van der Waals surface area (Å²) in [6.07, 6.45) is -4.91. The largest absolute Gasteiger partial charge is 0.490 e. The number of carboxylic acids is 2. The van der Waals surface area contributed by atoms with E-state index in [2.05, 4.69) is 5.32 Å². The summed E-state index contributed by atoms with van der Waals surface area (Å²) in [6, 6.07) is 7.43. The number of aliphatic carboxylic acids is 2. The number of nitrogens with one attached hydrogen (secondary N) is 1. The van der Waals surface area contributed by atoms with Gasteiger partial charge in [0.15, 0.2) is 0 Å². The molecule has 0 bridgehead atoms. The number of halogens is 3. The highest BCUT2D eigenvalue weighted by Gasteiger charge is 2.38. The summed E-state index contributed by atoms with van der Waals surface area (Å²) in [7, 11) is 6.99. The summed E-state index contributed by atoms with van der Waals surface area (Å²) in [5.41, 5.74) is 1.70. The molecule has 3 N–H and O–H groups in total. The third kappa shape index (κ3) is 12.3. The van der Waals surface area contributed by atoms with Gasteiger partial charge in [-0.05, 0) is 24.3 Å². The number of amides is 1. The fraction of sp³-hybridized carbons (Fsp3) is 0.438. The first-order chi connectivity index (χ1) is 12.9. The molecule has 7 nitrogen and oxygen atoms in total. The van der Waals surface area contributed by atoms with Gasteiger partial charge in [-0.1, -0.05) is 21.6 Å². The van der Waals surface area contributed by atoms with E-state index in [0.717, 1.165) is 11.4 Å². The zero-order chi connectivity index (χ0) is 21.7. The first-order valence-corrected chi connectivity index (χ1v) is 10.3. The zero-order valence-electron chi connectivity index (χ0n) is 15.2. The van der Waals surface area contributed by atoms with Crippen molar-refractivity contribution in [2.45, 2.75) is 12.6 Å². The van der Waals surface area contributed by atoms with Crippen LogP contribution >= 0.6 is 21.6 Å². The molecule has 0 spiro atoms. The number of rotatable bonds is 9. The van der Waals surface area contributed by atoms with E-state index in [4.69, 9.17) is 15.0 Å². The van der Waals surface area contributed by atoms with Crippen molar-refractivity contribution in [2.24, 2.45) is 0 Å². The molecular weight excluding hydrogens is 421 g/mol. The minimum Gasteiger partial charge on any atom is -0.481 e. The molecule has 1 rings (SSSR count). The van der Waals surface area contributed by atoms with Crippen molar-refractivity contribution in [3.05, 3.63) is 29.8 Å². The molecule has 0 atom stereocenters. The quantitative estimate of drug-likeness (QED) is 0.396. The number of hydrogen-bond donors (Lipinski definition) is 3. The third-order valence-electron chi connectivity index (χ3n) is 2.84. The molecule has 0 radical (unpaired) electrons. The highest BCUT2D eigenvalue weighted by atomic mass is 33.1. The molecule has 1 aromatic carbocycles. The Kier molecular flexibility index (Phi) is 12.2. The monoisotopic (exact) mass is 442 g/mol. The molecule has 0 fully saturated rings. The highest BCUT2D eigenvalue weighted by Crippen LogP contribution is 2.21. The van der Waals surface area contributed by atoms with E-state index in [9.17, 15) is 22.8 Å². The predicted octanol–water partition coefficient (Wildman–Crippen LogP) is 2.97. The molecule has 0 unspecified atom stereocenters. The number of carbonyl (C=O) groups excluding carboxylic acids is 1. The second-order valence-electron chi connectivity index (χ2n) is 5.29. The Bertz CT molecular complexity index is 640. The van der Waals surface area contributed by atoms with Gasteiger partial charge in [0.2, 0.25) is 0 Å². The van der Waals surface area contributed by atoms with Gasteiger partial charge in [0, 0.05) is 43.4 Å². The maximum absolute atomic E-state index is 11.9. The Morgan fingerprint density at radius 2 is 1.54 bits per heavy atom. The summed E-state index contributed by atoms with van der Waals surface area (Å²) >= 11 is 0. The lowest BCUT2D eigenvalue weighted by molar-refractivity contribution is -0.192. The normalized spacial score (nSPS) is 10.5. The Morgan fingerprint density at radius 3 is 1.96 bits per heavy atom. The number of carboxylic acid groups (broad SMARTS) is 2. The molecule has 0 aliphatic heterocycles. The lowest BCUT2D eigenvalue weighted by Crippen LogP contribution is -2.25. The third-order valence-corrected chi connectivity index (χ3v) is 5.25. The molecule has 0 aromatic heterocycles. The van der Waals surface area contributed by atoms with Gasteiger partial charge in [-0.25, -0.2) is 4.79 Å². The molecule has 0 heterocycles. The summed E-state index contributed by atoms with van der Waals surface area (Å²) in [5.74, 6) is -2.28. The number of carbonyl (C=O) groups is 3. The van der Waals surface area contributed by atoms with Crippen molar-refractivity contribution in [1.82, 2.24) is 5.32 Å². The molecule has 0 saturated carbocycles. The fourth-order valence-electron chi connectivity index (χ4n) is 1.47. The molecule has 1 amide bonds. The Morgan fingerprint density at radius 1 is 1.04 bits per heavy atom. The number of nitrogens with zero attached hydrogens (tertiary/aromatic N) is 1. The van der Waals surface area contributed by atoms with Crippen LogP contribution in [-0.2, 0) is 9.59 Å². The van der Waals surface area contributed by atoms with Gasteiger partial charge in [0.1, 0.15) is 0 Å². The predicted molar refractivity (Wildman–Crippen MR) is 104 cm³/mol. The van der Waals surface area contributed by atoms with E-state index in [0.29, 0.717) is 17.9 Å². The number of alkyl halides is 3. The molecule has 158 valence electrons. The van der Waals surface area contributed by atoms with Crippen LogP contribution in [0.25, 0.3) is 0 Å². The molecule has 12 heteroatoms. The average molecular weight is 442 g/mol. The maximum Gasteiger partial charge on any atom is 0.490 e. The first-order valence-electron chi connectivity index (χ1n) is 7.77. The lowest BCUT2D eigenvalue weighted by atomic mass is 10.2. The topological polar surface area (TPSA) is 107 Å². The molecule has 1 aromatic rings.